The van der Waals surface area contributed by atoms with Crippen LogP contribution in [0.3, 0.4) is 0 Å². The van der Waals surface area contributed by atoms with E-state index >= 15 is 0 Å². The van der Waals surface area contributed by atoms with Crippen LogP contribution in [0.4, 0.5) is 10.1 Å². The molecule has 1 fully saturated rings. The highest BCUT2D eigenvalue weighted by atomic mass is 19.1. The summed E-state index contributed by atoms with van der Waals surface area (Å²) in [7, 11) is 0. The molecule has 0 aliphatic carbocycles. The van der Waals surface area contributed by atoms with E-state index in [-0.39, 0.29) is 22.7 Å². The maximum absolute atomic E-state index is 13.5. The second kappa shape index (κ2) is 12.3. The van der Waals surface area contributed by atoms with Crippen molar-refractivity contribution in [1.29, 1.82) is 0 Å². The number of nitrogens with two attached hydrogens (primary N) is 1. The van der Waals surface area contributed by atoms with Crippen LogP contribution in [0.5, 0.6) is 11.5 Å². The fraction of sp³-hybridized carbons (Fsp3) is 0.400. The molecule has 202 valence electrons. The minimum absolute atomic E-state index is 0.0941. The van der Waals surface area contributed by atoms with Gasteiger partial charge in [0, 0.05) is 42.6 Å². The maximum atomic E-state index is 13.5. The standard InChI is InChI=1S/C30H36FN3O4/c1-4-30(17-28(36)34(20-30)24-11-12-27(35)33-19-24)13-14-32-18-21-15-25(37-5-2)29(26(16-21)38-6-3)22-7-9-23(31)10-8-22/h7-12,15-16,19,32H,4-6,13-14,17-18,20H2,1-3H3,(H,33,35)/p+1. The van der Waals surface area contributed by atoms with Gasteiger partial charge in [-0.25, -0.2) is 4.39 Å². The SMILES string of the molecule is CCOc1cc(C[NH2+]CCC2(CC)CC(=O)N(c3ccc(=O)[nH]c3)C2)cc(OCC)c1-c1ccc(F)cc1. The van der Waals surface area contributed by atoms with Gasteiger partial charge in [-0.05, 0) is 56.2 Å². The van der Waals surface area contributed by atoms with Crippen LogP contribution in [-0.2, 0) is 11.3 Å². The molecule has 0 spiro atoms. The summed E-state index contributed by atoms with van der Waals surface area (Å²) in [5, 5.41) is 2.25. The lowest BCUT2D eigenvalue weighted by Crippen LogP contribution is -2.83. The first-order valence-corrected chi connectivity index (χ1v) is 13.4. The van der Waals surface area contributed by atoms with Crippen molar-refractivity contribution in [2.75, 3.05) is 31.2 Å². The molecule has 3 aromatic rings. The molecule has 1 aliphatic rings. The van der Waals surface area contributed by atoms with E-state index < -0.39 is 0 Å². The molecule has 1 amide bonds. The van der Waals surface area contributed by atoms with Gasteiger partial charge < -0.3 is 24.7 Å². The Morgan fingerprint density at radius 3 is 2.26 bits per heavy atom. The van der Waals surface area contributed by atoms with E-state index in [1.165, 1.54) is 18.2 Å². The molecule has 2 heterocycles. The van der Waals surface area contributed by atoms with Crippen LogP contribution in [-0.4, -0.2) is 37.2 Å². The topological polar surface area (TPSA) is 88.2 Å². The molecular weight excluding hydrogens is 485 g/mol. The summed E-state index contributed by atoms with van der Waals surface area (Å²) >= 11 is 0. The van der Waals surface area contributed by atoms with E-state index in [9.17, 15) is 14.0 Å². The van der Waals surface area contributed by atoms with E-state index in [4.69, 9.17) is 9.47 Å². The molecule has 38 heavy (non-hydrogen) atoms. The fourth-order valence-electron chi connectivity index (χ4n) is 5.16. The lowest BCUT2D eigenvalue weighted by Gasteiger charge is -2.26. The summed E-state index contributed by atoms with van der Waals surface area (Å²) in [5.74, 6) is 1.25. The number of hydrogen-bond acceptors (Lipinski definition) is 4. The molecule has 7 nitrogen and oxygen atoms in total. The Labute approximate surface area is 223 Å². The van der Waals surface area contributed by atoms with Gasteiger partial charge in [0.05, 0.1) is 31.0 Å². The third-order valence-corrected chi connectivity index (χ3v) is 7.27. The number of hydrogen-bond donors (Lipinski definition) is 2. The zero-order valence-corrected chi connectivity index (χ0v) is 22.4. The molecule has 8 heteroatoms. The Hall–Kier alpha value is -3.65. The maximum Gasteiger partial charge on any atom is 0.248 e. The molecule has 1 saturated heterocycles. The largest absolute Gasteiger partial charge is 0.493 e. The van der Waals surface area contributed by atoms with Gasteiger partial charge in [0.1, 0.15) is 23.9 Å². The van der Waals surface area contributed by atoms with Crippen molar-refractivity contribution < 1.29 is 24.0 Å². The first kappa shape index (κ1) is 27.4. The number of aromatic nitrogens is 1. The number of aromatic amines is 1. The van der Waals surface area contributed by atoms with E-state index in [1.807, 2.05) is 26.0 Å². The van der Waals surface area contributed by atoms with Gasteiger partial charge in [-0.3, -0.25) is 9.59 Å². The molecule has 1 atom stereocenters. The number of halogens is 1. The van der Waals surface area contributed by atoms with E-state index in [1.54, 1.807) is 29.3 Å². The molecule has 1 aliphatic heterocycles. The molecule has 0 saturated carbocycles. The minimum atomic E-state index is -0.286. The number of ether oxygens (including phenoxy) is 2. The highest BCUT2D eigenvalue weighted by molar-refractivity contribution is 5.96. The van der Waals surface area contributed by atoms with Crippen molar-refractivity contribution >= 4 is 11.6 Å². The monoisotopic (exact) mass is 522 g/mol. The Morgan fingerprint density at radius 1 is 1.00 bits per heavy atom. The lowest BCUT2D eigenvalue weighted by molar-refractivity contribution is -0.672. The van der Waals surface area contributed by atoms with Crippen LogP contribution in [0, 0.1) is 11.2 Å². The smallest absolute Gasteiger partial charge is 0.248 e. The molecule has 2 aromatic carbocycles. The summed E-state index contributed by atoms with van der Waals surface area (Å²) < 4.78 is 25.5. The molecule has 1 aromatic heterocycles. The second-order valence-corrected chi connectivity index (χ2v) is 9.79. The highest BCUT2D eigenvalue weighted by Crippen LogP contribution is 2.41. The van der Waals surface area contributed by atoms with Crippen LogP contribution in [0.25, 0.3) is 11.1 Å². The summed E-state index contributed by atoms with van der Waals surface area (Å²) in [6, 6.07) is 13.6. The summed E-state index contributed by atoms with van der Waals surface area (Å²) in [6.07, 6.45) is 3.92. The molecule has 3 N–H and O–H groups in total. The molecule has 1 unspecified atom stereocenters. The number of amides is 1. The number of carbonyl (C=O) groups excluding carboxylic acids is 1. The molecule has 4 rings (SSSR count). The van der Waals surface area contributed by atoms with Crippen molar-refractivity contribution in [2.45, 2.75) is 46.6 Å². The Kier molecular flexibility index (Phi) is 8.84. The van der Waals surface area contributed by atoms with Crippen molar-refractivity contribution in [2.24, 2.45) is 5.41 Å². The zero-order valence-electron chi connectivity index (χ0n) is 22.4. The fourth-order valence-corrected chi connectivity index (χ4v) is 5.16. The average Bonchev–Trinajstić information content (AvgIpc) is 3.25. The van der Waals surface area contributed by atoms with Gasteiger partial charge in [0.15, 0.2) is 0 Å². The van der Waals surface area contributed by atoms with Crippen LogP contribution in [0.1, 0.15) is 45.6 Å². The highest BCUT2D eigenvalue weighted by Gasteiger charge is 2.42. The van der Waals surface area contributed by atoms with Crippen LogP contribution < -0.4 is 25.2 Å². The number of carbonyl (C=O) groups is 1. The van der Waals surface area contributed by atoms with E-state index in [0.29, 0.717) is 26.2 Å². The number of rotatable bonds is 12. The predicted octanol–water partition coefficient (Wildman–Crippen LogP) is 4.27. The van der Waals surface area contributed by atoms with E-state index in [2.05, 4.69) is 17.2 Å². The second-order valence-electron chi connectivity index (χ2n) is 9.79. The number of anilines is 1. The summed E-state index contributed by atoms with van der Waals surface area (Å²) in [4.78, 5) is 28.7. The van der Waals surface area contributed by atoms with Gasteiger partial charge >= 0.3 is 0 Å². The minimum Gasteiger partial charge on any atom is -0.493 e. The average molecular weight is 523 g/mol. The molecular formula is C30H37FN3O4+. The number of nitrogens with zero attached hydrogens (tertiary/aromatic N) is 1. The van der Waals surface area contributed by atoms with Crippen molar-refractivity contribution in [3.8, 4) is 22.6 Å². The zero-order chi connectivity index (χ0) is 27.1. The first-order chi connectivity index (χ1) is 18.4. The normalized spacial score (nSPS) is 17.2. The number of quaternary nitrogens is 1. The quantitative estimate of drug-likeness (QED) is 0.348. The van der Waals surface area contributed by atoms with Crippen molar-refractivity contribution in [1.82, 2.24) is 4.98 Å². The summed E-state index contributed by atoms with van der Waals surface area (Å²) in [6.45, 7) is 9.29. The van der Waals surface area contributed by atoms with Crippen LogP contribution in [0.15, 0.2) is 59.5 Å². The number of H-pyrrole nitrogens is 1. The van der Waals surface area contributed by atoms with Crippen molar-refractivity contribution in [3.63, 3.8) is 0 Å². The third-order valence-electron chi connectivity index (χ3n) is 7.27. The predicted molar refractivity (Wildman–Crippen MR) is 146 cm³/mol. The van der Waals surface area contributed by atoms with Crippen molar-refractivity contribution in [3.05, 3.63) is 76.5 Å². The summed E-state index contributed by atoms with van der Waals surface area (Å²) in [5.41, 5.74) is 3.21. The van der Waals surface area contributed by atoms with Gasteiger partial charge in [0.2, 0.25) is 11.5 Å². The van der Waals surface area contributed by atoms with Gasteiger partial charge in [0.25, 0.3) is 0 Å². The molecule has 0 radical (unpaired) electrons. The first-order valence-electron chi connectivity index (χ1n) is 13.4. The number of benzene rings is 2. The third kappa shape index (κ3) is 6.25. The van der Waals surface area contributed by atoms with E-state index in [0.717, 1.165) is 59.8 Å². The van der Waals surface area contributed by atoms with Gasteiger partial charge in [-0.15, -0.1) is 0 Å². The molecule has 0 bridgehead atoms. The Bertz CT molecular complexity index is 1260. The van der Waals surface area contributed by atoms with Gasteiger partial charge in [-0.1, -0.05) is 19.1 Å². The Morgan fingerprint density at radius 2 is 1.68 bits per heavy atom. The number of pyridine rings is 1. The number of nitrogens with one attached hydrogen (secondary N) is 1. The van der Waals surface area contributed by atoms with Crippen LogP contribution in [0.2, 0.25) is 0 Å². The van der Waals surface area contributed by atoms with Crippen LogP contribution >= 0.6 is 0 Å². The van der Waals surface area contributed by atoms with Gasteiger partial charge in [-0.2, -0.15) is 0 Å². The lowest BCUT2D eigenvalue weighted by atomic mass is 9.81. The Balaban J connectivity index is 1.45.